The molecule has 1 heterocycles. The van der Waals surface area contributed by atoms with Crippen molar-refractivity contribution in [2.75, 3.05) is 0 Å². The molecule has 0 saturated heterocycles. The SMILES string of the molecule is CC1(NCc2ccccc2)C=CC(c2ccccn2)=CC1.[HH]. The second-order valence-electron chi connectivity index (χ2n) is 5.67. The van der Waals surface area contributed by atoms with Gasteiger partial charge < -0.3 is 5.32 Å². The van der Waals surface area contributed by atoms with Gasteiger partial charge in [0.2, 0.25) is 0 Å². The average Bonchev–Trinajstić information content (AvgIpc) is 2.56. The lowest BCUT2D eigenvalue weighted by Crippen LogP contribution is -2.40. The zero-order chi connectivity index (χ0) is 14.5. The molecule has 21 heavy (non-hydrogen) atoms. The van der Waals surface area contributed by atoms with Gasteiger partial charge in [0.25, 0.3) is 0 Å². The summed E-state index contributed by atoms with van der Waals surface area (Å²) in [6.07, 6.45) is 9.50. The molecule has 2 aromatic rings. The Morgan fingerprint density at radius 3 is 2.62 bits per heavy atom. The molecule has 3 rings (SSSR count). The second-order valence-corrected chi connectivity index (χ2v) is 5.67. The molecule has 0 fully saturated rings. The Labute approximate surface area is 127 Å². The van der Waals surface area contributed by atoms with E-state index in [-0.39, 0.29) is 6.97 Å². The lowest BCUT2D eigenvalue weighted by Gasteiger charge is -2.29. The van der Waals surface area contributed by atoms with Crippen molar-refractivity contribution in [1.29, 1.82) is 0 Å². The van der Waals surface area contributed by atoms with E-state index in [1.165, 1.54) is 11.1 Å². The van der Waals surface area contributed by atoms with E-state index >= 15 is 0 Å². The maximum Gasteiger partial charge on any atom is 0.0698 e. The van der Waals surface area contributed by atoms with Crippen LogP contribution < -0.4 is 5.32 Å². The average molecular weight is 278 g/mol. The van der Waals surface area contributed by atoms with E-state index in [2.05, 4.69) is 65.8 Å². The molecule has 0 bridgehead atoms. The summed E-state index contributed by atoms with van der Waals surface area (Å²) in [5.74, 6) is 0. The quantitative estimate of drug-likeness (QED) is 0.905. The van der Waals surface area contributed by atoms with E-state index in [9.17, 15) is 0 Å². The highest BCUT2D eigenvalue weighted by molar-refractivity contribution is 5.73. The largest absolute Gasteiger partial charge is 0.304 e. The Bertz CT molecular complexity index is 650. The molecule has 2 heteroatoms. The highest BCUT2D eigenvalue weighted by Gasteiger charge is 2.22. The molecular formula is C19H22N2. The van der Waals surface area contributed by atoms with E-state index < -0.39 is 0 Å². The van der Waals surface area contributed by atoms with Gasteiger partial charge in [0.15, 0.2) is 0 Å². The van der Waals surface area contributed by atoms with Gasteiger partial charge in [0, 0.05) is 19.7 Å². The molecule has 0 amide bonds. The molecule has 1 aromatic carbocycles. The van der Waals surface area contributed by atoms with Crippen LogP contribution >= 0.6 is 0 Å². The minimum Gasteiger partial charge on any atom is -0.304 e. The monoisotopic (exact) mass is 278 g/mol. The molecule has 0 saturated carbocycles. The van der Waals surface area contributed by atoms with Crippen molar-refractivity contribution < 1.29 is 1.43 Å². The molecule has 108 valence electrons. The highest BCUT2D eigenvalue weighted by atomic mass is 15.0. The normalized spacial score (nSPS) is 21.1. The van der Waals surface area contributed by atoms with Crippen molar-refractivity contribution in [3.63, 3.8) is 0 Å². The topological polar surface area (TPSA) is 24.9 Å². The predicted octanol–water partition coefficient (Wildman–Crippen LogP) is 4.22. The van der Waals surface area contributed by atoms with Crippen molar-refractivity contribution in [1.82, 2.24) is 10.3 Å². The van der Waals surface area contributed by atoms with Crippen molar-refractivity contribution in [2.45, 2.75) is 25.4 Å². The zero-order valence-corrected chi connectivity index (χ0v) is 12.3. The summed E-state index contributed by atoms with van der Waals surface area (Å²) < 4.78 is 0. The van der Waals surface area contributed by atoms with Crippen molar-refractivity contribution in [3.05, 3.63) is 84.2 Å². The first-order chi connectivity index (χ1) is 10.3. The van der Waals surface area contributed by atoms with Gasteiger partial charge in [-0.2, -0.15) is 0 Å². The van der Waals surface area contributed by atoms with Gasteiger partial charge in [-0.1, -0.05) is 54.6 Å². The molecule has 1 atom stereocenters. The molecule has 1 aliphatic carbocycles. The minimum atomic E-state index is 0. The summed E-state index contributed by atoms with van der Waals surface area (Å²) in [4.78, 5) is 4.40. The molecule has 1 unspecified atom stereocenters. The smallest absolute Gasteiger partial charge is 0.0698 e. The van der Waals surface area contributed by atoms with Crippen LogP contribution in [0, 0.1) is 0 Å². The summed E-state index contributed by atoms with van der Waals surface area (Å²) in [7, 11) is 0. The molecule has 1 aromatic heterocycles. The zero-order valence-electron chi connectivity index (χ0n) is 12.3. The van der Waals surface area contributed by atoms with Gasteiger partial charge in [0.1, 0.15) is 0 Å². The second kappa shape index (κ2) is 6.06. The van der Waals surface area contributed by atoms with Crippen LogP contribution in [0.1, 0.15) is 26.0 Å². The number of nitrogens with one attached hydrogen (secondary N) is 1. The number of nitrogens with zero attached hydrogens (tertiary/aromatic N) is 1. The summed E-state index contributed by atoms with van der Waals surface area (Å²) in [6, 6.07) is 16.5. The fourth-order valence-corrected chi connectivity index (χ4v) is 2.49. The third-order valence-electron chi connectivity index (χ3n) is 3.88. The van der Waals surface area contributed by atoms with E-state index in [0.29, 0.717) is 0 Å². The third kappa shape index (κ3) is 3.47. The van der Waals surface area contributed by atoms with Crippen molar-refractivity contribution >= 4 is 5.57 Å². The van der Waals surface area contributed by atoms with E-state index in [1.54, 1.807) is 0 Å². The van der Waals surface area contributed by atoms with Crippen molar-refractivity contribution in [3.8, 4) is 0 Å². The van der Waals surface area contributed by atoms with Crippen LogP contribution in [-0.2, 0) is 6.54 Å². The molecule has 0 radical (unpaired) electrons. The summed E-state index contributed by atoms with van der Waals surface area (Å²) >= 11 is 0. The fourth-order valence-electron chi connectivity index (χ4n) is 2.49. The predicted molar refractivity (Wildman–Crippen MR) is 89.8 cm³/mol. The lowest BCUT2D eigenvalue weighted by atomic mass is 9.89. The van der Waals surface area contributed by atoms with Gasteiger partial charge in [-0.15, -0.1) is 0 Å². The number of benzene rings is 1. The van der Waals surface area contributed by atoms with Crippen LogP contribution in [0.2, 0.25) is 0 Å². The number of hydrogen-bond donors (Lipinski definition) is 1. The Kier molecular flexibility index (Phi) is 3.98. The molecule has 0 aliphatic heterocycles. The molecule has 0 spiro atoms. The minimum absolute atomic E-state index is 0. The van der Waals surface area contributed by atoms with Crippen LogP contribution in [0.4, 0.5) is 0 Å². The van der Waals surface area contributed by atoms with Gasteiger partial charge >= 0.3 is 0 Å². The summed E-state index contributed by atoms with van der Waals surface area (Å²) in [5.41, 5.74) is 3.56. The first-order valence-corrected chi connectivity index (χ1v) is 7.35. The van der Waals surface area contributed by atoms with Crippen LogP contribution in [0.5, 0.6) is 0 Å². The maximum absolute atomic E-state index is 4.40. The van der Waals surface area contributed by atoms with Crippen LogP contribution in [-0.4, -0.2) is 10.5 Å². The number of pyridine rings is 1. The van der Waals surface area contributed by atoms with E-state index in [4.69, 9.17) is 0 Å². The first-order valence-electron chi connectivity index (χ1n) is 7.35. The molecule has 1 aliphatic rings. The van der Waals surface area contributed by atoms with Gasteiger partial charge in [-0.25, -0.2) is 0 Å². The van der Waals surface area contributed by atoms with E-state index in [0.717, 1.165) is 18.7 Å². The fraction of sp³-hybridized carbons (Fsp3) is 0.211. The maximum atomic E-state index is 4.40. The Morgan fingerprint density at radius 2 is 1.95 bits per heavy atom. The third-order valence-corrected chi connectivity index (χ3v) is 3.88. The van der Waals surface area contributed by atoms with Crippen LogP contribution in [0.25, 0.3) is 5.57 Å². The highest BCUT2D eigenvalue weighted by Crippen LogP contribution is 2.25. The molecule has 1 N–H and O–H groups in total. The van der Waals surface area contributed by atoms with E-state index in [1.807, 2.05) is 24.4 Å². The Balaban J connectivity index is 0.00000176. The Morgan fingerprint density at radius 1 is 1.14 bits per heavy atom. The van der Waals surface area contributed by atoms with Crippen LogP contribution in [0.3, 0.4) is 0 Å². The van der Waals surface area contributed by atoms with Crippen molar-refractivity contribution in [2.24, 2.45) is 0 Å². The first kappa shape index (κ1) is 13.8. The summed E-state index contributed by atoms with van der Waals surface area (Å²) in [6.45, 7) is 3.12. The van der Waals surface area contributed by atoms with Gasteiger partial charge in [0.05, 0.1) is 5.69 Å². The number of rotatable bonds is 4. The standard InChI is InChI=1S/C19H20N2.H2/c1-19(21-15-16-7-3-2-4-8-16)12-10-17(11-13-19)18-9-5-6-14-20-18;/h2-12,14,21H,13,15H2,1H3;1H. The molecular weight excluding hydrogens is 256 g/mol. The Hall–Kier alpha value is -2.19. The molecule has 2 nitrogen and oxygen atoms in total. The lowest BCUT2D eigenvalue weighted by molar-refractivity contribution is 0.437. The number of allylic oxidation sites excluding steroid dienone is 2. The van der Waals surface area contributed by atoms with Crippen LogP contribution in [0.15, 0.2) is 73.0 Å². The summed E-state index contributed by atoms with van der Waals surface area (Å²) in [5, 5.41) is 3.63. The van der Waals surface area contributed by atoms with Gasteiger partial charge in [-0.3, -0.25) is 4.98 Å². The number of hydrogen-bond acceptors (Lipinski definition) is 2. The van der Waals surface area contributed by atoms with Gasteiger partial charge in [-0.05, 0) is 36.6 Å². The number of aromatic nitrogens is 1.